The normalized spacial score (nSPS) is 10.4. The van der Waals surface area contributed by atoms with Crippen molar-refractivity contribution in [1.29, 1.82) is 0 Å². The number of anilines is 2. The van der Waals surface area contributed by atoms with Crippen molar-refractivity contribution in [3.8, 4) is 0 Å². The van der Waals surface area contributed by atoms with E-state index in [-0.39, 0.29) is 0 Å². The lowest BCUT2D eigenvalue weighted by atomic mass is 10.1. The van der Waals surface area contributed by atoms with Crippen LogP contribution in [-0.4, -0.2) is 24.1 Å². The number of hydrogen-bond acceptors (Lipinski definition) is 4. The van der Waals surface area contributed by atoms with Gasteiger partial charge in [0.1, 0.15) is 16.8 Å². The average molecular weight is 291 g/mol. The number of hydrogen-bond donors (Lipinski definition) is 1. The lowest BCUT2D eigenvalue weighted by Gasteiger charge is -2.15. The molecule has 0 bridgehead atoms. The van der Waals surface area contributed by atoms with Gasteiger partial charge in [-0.15, -0.1) is 0 Å². The summed E-state index contributed by atoms with van der Waals surface area (Å²) in [5.74, 6) is 1.42. The summed E-state index contributed by atoms with van der Waals surface area (Å²) in [6.45, 7) is 4.66. The number of halogens is 1. The zero-order valence-electron chi connectivity index (χ0n) is 12.2. The third-order valence-corrected chi connectivity index (χ3v) is 3.30. The molecule has 106 valence electrons. The molecule has 1 aromatic heterocycles. The van der Waals surface area contributed by atoms with Gasteiger partial charge in [0.2, 0.25) is 0 Å². The van der Waals surface area contributed by atoms with Gasteiger partial charge in [-0.3, -0.25) is 0 Å². The van der Waals surface area contributed by atoms with E-state index >= 15 is 0 Å². The van der Waals surface area contributed by atoms with Gasteiger partial charge in [0.25, 0.3) is 0 Å². The molecule has 2 aromatic rings. The summed E-state index contributed by atoms with van der Waals surface area (Å²) in [6, 6.07) is 8.16. The third kappa shape index (κ3) is 3.61. The molecule has 1 aromatic carbocycles. The molecule has 1 heterocycles. The first-order valence-corrected chi connectivity index (χ1v) is 6.85. The number of benzene rings is 1. The summed E-state index contributed by atoms with van der Waals surface area (Å²) in [5, 5.41) is 3.74. The van der Waals surface area contributed by atoms with Crippen LogP contribution in [0.3, 0.4) is 0 Å². The van der Waals surface area contributed by atoms with Crippen LogP contribution in [0, 0.1) is 13.8 Å². The monoisotopic (exact) mass is 290 g/mol. The molecule has 20 heavy (non-hydrogen) atoms. The number of aromatic nitrogens is 2. The van der Waals surface area contributed by atoms with Crippen molar-refractivity contribution >= 4 is 23.1 Å². The zero-order valence-corrected chi connectivity index (χ0v) is 13.0. The third-order valence-electron chi connectivity index (χ3n) is 3.11. The number of nitrogens with one attached hydrogen (secondary N) is 1. The van der Waals surface area contributed by atoms with Crippen molar-refractivity contribution in [1.82, 2.24) is 9.97 Å². The molecule has 0 spiro atoms. The standard InChI is InChI=1S/C15H19ClN4/c1-10-7-13(20(3)4)6-5-12(10)9-17-15-8-14(16)18-11(2)19-15/h5-8H,9H2,1-4H3,(H,17,18,19). The molecule has 0 unspecified atom stereocenters. The van der Waals surface area contributed by atoms with E-state index in [4.69, 9.17) is 11.6 Å². The van der Waals surface area contributed by atoms with E-state index in [1.54, 1.807) is 6.07 Å². The predicted molar refractivity (Wildman–Crippen MR) is 84.6 cm³/mol. The first kappa shape index (κ1) is 14.6. The molecule has 0 saturated carbocycles. The average Bonchev–Trinajstić information content (AvgIpc) is 2.36. The summed E-state index contributed by atoms with van der Waals surface area (Å²) in [6.07, 6.45) is 0. The van der Waals surface area contributed by atoms with Crippen LogP contribution in [0.4, 0.5) is 11.5 Å². The molecule has 0 aliphatic heterocycles. The summed E-state index contributed by atoms with van der Waals surface area (Å²) in [7, 11) is 4.08. The minimum Gasteiger partial charge on any atom is -0.378 e. The molecule has 0 aliphatic carbocycles. The van der Waals surface area contributed by atoms with Gasteiger partial charge in [0.05, 0.1) is 0 Å². The Morgan fingerprint density at radius 2 is 1.90 bits per heavy atom. The van der Waals surface area contributed by atoms with E-state index in [2.05, 4.69) is 45.3 Å². The van der Waals surface area contributed by atoms with Gasteiger partial charge in [-0.1, -0.05) is 17.7 Å². The Kier molecular flexibility index (Phi) is 4.45. The van der Waals surface area contributed by atoms with Crippen molar-refractivity contribution in [2.45, 2.75) is 20.4 Å². The van der Waals surface area contributed by atoms with Crippen molar-refractivity contribution in [2.24, 2.45) is 0 Å². The molecule has 0 atom stereocenters. The maximum absolute atomic E-state index is 5.92. The van der Waals surface area contributed by atoms with Crippen LogP contribution >= 0.6 is 11.6 Å². The van der Waals surface area contributed by atoms with Crippen LogP contribution < -0.4 is 10.2 Å². The van der Waals surface area contributed by atoms with Gasteiger partial charge >= 0.3 is 0 Å². The van der Waals surface area contributed by atoms with Crippen LogP contribution in [0.1, 0.15) is 17.0 Å². The molecule has 1 N–H and O–H groups in total. The highest BCUT2D eigenvalue weighted by molar-refractivity contribution is 6.29. The van der Waals surface area contributed by atoms with Crippen molar-refractivity contribution in [3.05, 3.63) is 46.4 Å². The minimum absolute atomic E-state index is 0.458. The van der Waals surface area contributed by atoms with E-state index in [1.165, 1.54) is 16.8 Å². The van der Waals surface area contributed by atoms with Crippen LogP contribution in [0.2, 0.25) is 5.15 Å². The van der Waals surface area contributed by atoms with Gasteiger partial charge in [0.15, 0.2) is 0 Å². The fourth-order valence-electron chi connectivity index (χ4n) is 1.96. The molecule has 0 fully saturated rings. The van der Waals surface area contributed by atoms with Crippen LogP contribution in [0.25, 0.3) is 0 Å². The molecular weight excluding hydrogens is 272 g/mol. The Labute approximate surface area is 124 Å². The minimum atomic E-state index is 0.458. The summed E-state index contributed by atoms with van der Waals surface area (Å²) in [4.78, 5) is 10.5. The number of aryl methyl sites for hydroxylation is 2. The van der Waals surface area contributed by atoms with E-state index in [0.29, 0.717) is 17.5 Å². The SMILES string of the molecule is Cc1nc(Cl)cc(NCc2ccc(N(C)C)cc2C)n1. The predicted octanol–water partition coefficient (Wildman–Crippen LogP) is 3.42. The maximum atomic E-state index is 5.92. The van der Waals surface area contributed by atoms with Gasteiger partial charge in [-0.25, -0.2) is 9.97 Å². The highest BCUT2D eigenvalue weighted by Gasteiger charge is 2.04. The first-order chi connectivity index (χ1) is 9.45. The Hall–Kier alpha value is -1.81. The Balaban J connectivity index is 2.11. The summed E-state index contributed by atoms with van der Waals surface area (Å²) < 4.78 is 0. The van der Waals surface area contributed by atoms with Crippen LogP contribution in [0.15, 0.2) is 24.3 Å². The molecule has 0 amide bonds. The van der Waals surface area contributed by atoms with Crippen molar-refractivity contribution in [2.75, 3.05) is 24.3 Å². The van der Waals surface area contributed by atoms with E-state index < -0.39 is 0 Å². The zero-order chi connectivity index (χ0) is 14.7. The summed E-state index contributed by atoms with van der Waals surface area (Å²) >= 11 is 5.92. The van der Waals surface area contributed by atoms with Crippen molar-refractivity contribution in [3.63, 3.8) is 0 Å². The summed E-state index contributed by atoms with van der Waals surface area (Å²) in [5.41, 5.74) is 3.69. The fourth-order valence-corrected chi connectivity index (χ4v) is 2.19. The molecule has 0 saturated heterocycles. The quantitative estimate of drug-likeness (QED) is 0.876. The van der Waals surface area contributed by atoms with Gasteiger partial charge in [-0.2, -0.15) is 0 Å². The van der Waals surface area contributed by atoms with E-state index in [1.807, 2.05) is 21.0 Å². The van der Waals surface area contributed by atoms with E-state index in [9.17, 15) is 0 Å². The first-order valence-electron chi connectivity index (χ1n) is 6.47. The van der Waals surface area contributed by atoms with E-state index in [0.717, 1.165) is 5.82 Å². The second-order valence-electron chi connectivity index (χ2n) is 4.98. The molecular formula is C15H19ClN4. The molecule has 2 rings (SSSR count). The van der Waals surface area contributed by atoms with Crippen LogP contribution in [-0.2, 0) is 6.54 Å². The largest absolute Gasteiger partial charge is 0.378 e. The fraction of sp³-hybridized carbons (Fsp3) is 0.333. The number of nitrogens with zero attached hydrogens (tertiary/aromatic N) is 3. The highest BCUT2D eigenvalue weighted by atomic mass is 35.5. The second kappa shape index (κ2) is 6.09. The molecule has 5 heteroatoms. The Morgan fingerprint density at radius 3 is 2.50 bits per heavy atom. The van der Waals surface area contributed by atoms with Gasteiger partial charge < -0.3 is 10.2 Å². The molecule has 0 aliphatic rings. The second-order valence-corrected chi connectivity index (χ2v) is 5.37. The smallest absolute Gasteiger partial charge is 0.134 e. The molecule has 0 radical (unpaired) electrons. The highest BCUT2D eigenvalue weighted by Crippen LogP contribution is 2.19. The van der Waals surface area contributed by atoms with Crippen LogP contribution in [0.5, 0.6) is 0 Å². The number of rotatable bonds is 4. The Morgan fingerprint density at radius 1 is 1.15 bits per heavy atom. The maximum Gasteiger partial charge on any atom is 0.134 e. The van der Waals surface area contributed by atoms with Crippen molar-refractivity contribution < 1.29 is 0 Å². The lowest BCUT2D eigenvalue weighted by Crippen LogP contribution is -2.10. The molecule has 4 nitrogen and oxygen atoms in total. The van der Waals surface area contributed by atoms with Gasteiger partial charge in [-0.05, 0) is 37.1 Å². The Bertz CT molecular complexity index is 591. The topological polar surface area (TPSA) is 41.1 Å². The van der Waals surface area contributed by atoms with Gasteiger partial charge in [0, 0.05) is 32.4 Å². The lowest BCUT2D eigenvalue weighted by molar-refractivity contribution is 1.02.